The molecule has 0 radical (unpaired) electrons. The van der Waals surface area contributed by atoms with Gasteiger partial charge in [-0.1, -0.05) is 0 Å². The minimum Gasteiger partial charge on any atom is -0.384 e. The first-order chi connectivity index (χ1) is 6.39. The van der Waals surface area contributed by atoms with Gasteiger partial charge in [0.2, 0.25) is 0 Å². The summed E-state index contributed by atoms with van der Waals surface area (Å²) in [5.74, 6) is 0.812. The van der Waals surface area contributed by atoms with Crippen LogP contribution in [0.25, 0.3) is 0 Å². The predicted molar refractivity (Wildman–Crippen MR) is 56.6 cm³/mol. The molecule has 1 aliphatic rings. The van der Waals surface area contributed by atoms with Gasteiger partial charge in [0, 0.05) is 31.2 Å². The summed E-state index contributed by atoms with van der Waals surface area (Å²) in [5.41, 5.74) is 8.48. The van der Waals surface area contributed by atoms with Crippen molar-refractivity contribution >= 4 is 5.82 Å². The highest BCUT2D eigenvalue weighted by atomic mass is 15.3. The van der Waals surface area contributed by atoms with Gasteiger partial charge in [0.15, 0.2) is 0 Å². The summed E-state index contributed by atoms with van der Waals surface area (Å²) in [4.78, 5) is 2.39. The van der Waals surface area contributed by atoms with Crippen LogP contribution in [-0.4, -0.2) is 20.2 Å². The van der Waals surface area contributed by atoms with Gasteiger partial charge in [0.25, 0.3) is 0 Å². The number of aromatic nitrogens is 2. The van der Waals surface area contributed by atoms with Crippen molar-refractivity contribution in [1.82, 2.24) is 14.7 Å². The maximum atomic E-state index is 5.93. The lowest BCUT2D eigenvalue weighted by Crippen LogP contribution is -2.37. The van der Waals surface area contributed by atoms with Crippen molar-refractivity contribution in [3.63, 3.8) is 0 Å². The van der Waals surface area contributed by atoms with Crippen LogP contribution in [0.5, 0.6) is 0 Å². The van der Waals surface area contributed by atoms with E-state index in [1.165, 1.54) is 5.56 Å². The van der Waals surface area contributed by atoms with Crippen LogP contribution in [0.1, 0.15) is 32.0 Å². The fourth-order valence-electron chi connectivity index (χ4n) is 1.84. The van der Waals surface area contributed by atoms with Crippen molar-refractivity contribution in [3.05, 3.63) is 11.3 Å². The number of anilines is 1. The van der Waals surface area contributed by atoms with Gasteiger partial charge in [-0.2, -0.15) is 5.10 Å². The first-order valence-electron chi connectivity index (χ1n) is 4.95. The van der Waals surface area contributed by atoms with E-state index in [0.29, 0.717) is 0 Å². The Morgan fingerprint density at radius 3 is 2.43 bits per heavy atom. The van der Waals surface area contributed by atoms with Crippen LogP contribution >= 0.6 is 0 Å². The molecule has 14 heavy (non-hydrogen) atoms. The van der Waals surface area contributed by atoms with E-state index in [-0.39, 0.29) is 5.54 Å². The van der Waals surface area contributed by atoms with Gasteiger partial charge in [-0.05, 0) is 20.8 Å². The Labute approximate surface area is 84.7 Å². The molecule has 78 valence electrons. The zero-order chi connectivity index (χ0) is 10.5. The van der Waals surface area contributed by atoms with Crippen molar-refractivity contribution in [2.24, 2.45) is 7.05 Å². The number of nitrogens with two attached hydrogens (primary N) is 1. The minimum absolute atomic E-state index is 0.193. The average Bonchev–Trinajstić information content (AvgIpc) is 2.54. The second-order valence-electron chi connectivity index (χ2n) is 4.96. The summed E-state index contributed by atoms with van der Waals surface area (Å²) in [6.07, 6.45) is 0. The van der Waals surface area contributed by atoms with Crippen LogP contribution in [0.4, 0.5) is 5.82 Å². The molecular formula is C10H18N4. The number of hydrogen-bond donors (Lipinski definition) is 1. The number of hydrogen-bond acceptors (Lipinski definition) is 3. The van der Waals surface area contributed by atoms with E-state index in [1.807, 2.05) is 7.05 Å². The van der Waals surface area contributed by atoms with Crippen molar-refractivity contribution < 1.29 is 0 Å². The molecule has 0 atom stereocenters. The van der Waals surface area contributed by atoms with E-state index in [4.69, 9.17) is 5.73 Å². The van der Waals surface area contributed by atoms with E-state index in [9.17, 15) is 0 Å². The molecule has 2 N–H and O–H groups in total. The zero-order valence-corrected chi connectivity index (χ0v) is 9.33. The van der Waals surface area contributed by atoms with E-state index in [1.54, 1.807) is 4.68 Å². The third-order valence-corrected chi connectivity index (χ3v) is 2.92. The Morgan fingerprint density at radius 1 is 1.29 bits per heavy atom. The molecule has 0 amide bonds. The third-order valence-electron chi connectivity index (χ3n) is 2.92. The molecule has 0 saturated heterocycles. The minimum atomic E-state index is 0.193. The number of nitrogen functional groups attached to an aromatic ring is 1. The quantitative estimate of drug-likeness (QED) is 0.673. The number of fused-ring (bicyclic) bond motifs is 1. The molecule has 1 aromatic rings. The highest BCUT2D eigenvalue weighted by molar-refractivity contribution is 5.45. The molecule has 0 spiro atoms. The molecule has 4 heteroatoms. The number of rotatable bonds is 0. The van der Waals surface area contributed by atoms with E-state index < -0.39 is 0 Å². The van der Waals surface area contributed by atoms with Crippen LogP contribution in [0, 0.1) is 0 Å². The molecule has 0 aliphatic carbocycles. The number of nitrogens with zero attached hydrogens (tertiary/aromatic N) is 3. The van der Waals surface area contributed by atoms with Gasteiger partial charge in [-0.15, -0.1) is 0 Å². The molecule has 0 aromatic carbocycles. The Balaban J connectivity index is 2.28. The molecule has 2 rings (SSSR count). The monoisotopic (exact) mass is 194 g/mol. The first kappa shape index (κ1) is 9.52. The van der Waals surface area contributed by atoms with E-state index >= 15 is 0 Å². The molecule has 0 bridgehead atoms. The molecule has 1 aromatic heterocycles. The maximum absolute atomic E-state index is 5.93. The fourth-order valence-corrected chi connectivity index (χ4v) is 1.84. The summed E-state index contributed by atoms with van der Waals surface area (Å²) in [7, 11) is 1.90. The Hall–Kier alpha value is -1.03. The first-order valence-corrected chi connectivity index (χ1v) is 4.95. The van der Waals surface area contributed by atoms with Crippen LogP contribution in [0.3, 0.4) is 0 Å². The van der Waals surface area contributed by atoms with Crippen LogP contribution in [0.2, 0.25) is 0 Å². The summed E-state index contributed by atoms with van der Waals surface area (Å²) in [6.45, 7) is 8.50. The summed E-state index contributed by atoms with van der Waals surface area (Å²) in [6, 6.07) is 0. The molecule has 2 heterocycles. The van der Waals surface area contributed by atoms with Gasteiger partial charge in [0.05, 0.1) is 5.69 Å². The fraction of sp³-hybridized carbons (Fsp3) is 0.700. The standard InChI is InChI=1S/C10H18N4/c1-10(2,3)14-5-7-8(6-14)12-13(4)9(7)11/h5-6,11H2,1-4H3. The highest BCUT2D eigenvalue weighted by Crippen LogP contribution is 2.31. The molecule has 4 nitrogen and oxygen atoms in total. The Bertz CT molecular complexity index is 359. The topological polar surface area (TPSA) is 47.1 Å². The molecular weight excluding hydrogens is 176 g/mol. The largest absolute Gasteiger partial charge is 0.384 e. The summed E-state index contributed by atoms with van der Waals surface area (Å²) < 4.78 is 1.77. The maximum Gasteiger partial charge on any atom is 0.126 e. The van der Waals surface area contributed by atoms with Crippen molar-refractivity contribution in [2.75, 3.05) is 5.73 Å². The van der Waals surface area contributed by atoms with Crippen LogP contribution < -0.4 is 5.73 Å². The van der Waals surface area contributed by atoms with Crippen LogP contribution in [-0.2, 0) is 20.1 Å². The lowest BCUT2D eigenvalue weighted by Gasteiger charge is -2.31. The average molecular weight is 194 g/mol. The number of aryl methyl sites for hydroxylation is 1. The Kier molecular flexibility index (Phi) is 1.86. The van der Waals surface area contributed by atoms with Gasteiger partial charge in [-0.25, -0.2) is 0 Å². The highest BCUT2D eigenvalue weighted by Gasteiger charge is 2.31. The molecule has 0 saturated carbocycles. The summed E-state index contributed by atoms with van der Waals surface area (Å²) in [5, 5.41) is 4.40. The molecule has 1 aliphatic heterocycles. The molecule has 0 unspecified atom stereocenters. The van der Waals surface area contributed by atoms with E-state index in [0.717, 1.165) is 24.6 Å². The van der Waals surface area contributed by atoms with Crippen molar-refractivity contribution in [2.45, 2.75) is 39.4 Å². The molecule has 0 fully saturated rings. The van der Waals surface area contributed by atoms with Gasteiger partial charge >= 0.3 is 0 Å². The van der Waals surface area contributed by atoms with Crippen molar-refractivity contribution in [1.29, 1.82) is 0 Å². The second kappa shape index (κ2) is 2.73. The lowest BCUT2D eigenvalue weighted by molar-refractivity contribution is 0.134. The van der Waals surface area contributed by atoms with E-state index in [2.05, 4.69) is 30.8 Å². The van der Waals surface area contributed by atoms with Gasteiger partial charge in [-0.3, -0.25) is 9.58 Å². The van der Waals surface area contributed by atoms with Crippen LogP contribution in [0.15, 0.2) is 0 Å². The Morgan fingerprint density at radius 2 is 1.93 bits per heavy atom. The zero-order valence-electron chi connectivity index (χ0n) is 9.33. The third kappa shape index (κ3) is 1.30. The van der Waals surface area contributed by atoms with Crippen molar-refractivity contribution in [3.8, 4) is 0 Å². The lowest BCUT2D eigenvalue weighted by atomic mass is 10.1. The smallest absolute Gasteiger partial charge is 0.126 e. The second-order valence-corrected chi connectivity index (χ2v) is 4.96. The summed E-state index contributed by atoms with van der Waals surface area (Å²) >= 11 is 0. The predicted octanol–water partition coefficient (Wildman–Crippen LogP) is 1.12. The normalized spacial score (nSPS) is 17.4. The SMILES string of the molecule is Cn1nc2c(c1N)CN(C(C)(C)C)C2. The van der Waals surface area contributed by atoms with Gasteiger partial charge in [0.1, 0.15) is 5.82 Å². The van der Waals surface area contributed by atoms with Gasteiger partial charge < -0.3 is 5.73 Å².